The Labute approximate surface area is 113 Å². The number of hydrogen-bond donors (Lipinski definition) is 2. The molecule has 6 heteroatoms. The van der Waals surface area contributed by atoms with Crippen LogP contribution < -0.4 is 10.1 Å². The quantitative estimate of drug-likeness (QED) is 0.885. The number of amides is 1. The summed E-state index contributed by atoms with van der Waals surface area (Å²) >= 11 is 2.83. The van der Waals surface area contributed by atoms with E-state index >= 15 is 0 Å². The van der Waals surface area contributed by atoms with Crippen molar-refractivity contribution >= 4 is 28.6 Å². The van der Waals surface area contributed by atoms with Gasteiger partial charge in [-0.05, 0) is 33.8 Å². The number of methoxy groups -OCH3 is 1. The van der Waals surface area contributed by atoms with Crippen LogP contribution in [-0.2, 0) is 0 Å². The number of carbonyl (C=O) groups excluding carboxylic acids is 1. The maximum Gasteiger partial charge on any atom is 0.265 e. The van der Waals surface area contributed by atoms with Crippen molar-refractivity contribution in [3.05, 3.63) is 38.7 Å². The number of carbonyl (C=O) groups is 1. The summed E-state index contributed by atoms with van der Waals surface area (Å²) in [5.41, 5.74) is 0.818. The van der Waals surface area contributed by atoms with Crippen molar-refractivity contribution < 1.29 is 14.6 Å². The van der Waals surface area contributed by atoms with Gasteiger partial charge in [0, 0.05) is 6.54 Å². The summed E-state index contributed by atoms with van der Waals surface area (Å²) in [6, 6.07) is 3.59. The lowest BCUT2D eigenvalue weighted by atomic mass is 10.2. The Morgan fingerprint density at radius 2 is 2.33 bits per heavy atom. The molecular weight excluding hydrogens is 270 g/mol. The number of nitrogens with one attached hydrogen (secondary N) is 1. The van der Waals surface area contributed by atoms with Crippen LogP contribution in [0.3, 0.4) is 0 Å². The summed E-state index contributed by atoms with van der Waals surface area (Å²) in [5, 5.41) is 18.1. The average molecular weight is 283 g/mol. The van der Waals surface area contributed by atoms with Crippen molar-refractivity contribution in [3.63, 3.8) is 0 Å². The molecule has 0 spiro atoms. The Bertz CT molecular complexity index is 507. The predicted octanol–water partition coefficient (Wildman–Crippen LogP) is 2.28. The molecule has 2 aromatic rings. The lowest BCUT2D eigenvalue weighted by molar-refractivity contribution is 0.0918. The molecule has 0 aliphatic heterocycles. The second-order valence-corrected chi connectivity index (χ2v) is 5.30. The fourth-order valence-electron chi connectivity index (χ4n) is 1.48. The van der Waals surface area contributed by atoms with Gasteiger partial charge in [-0.3, -0.25) is 4.79 Å². The molecule has 2 heterocycles. The molecule has 0 aromatic carbocycles. The van der Waals surface area contributed by atoms with E-state index in [0.29, 0.717) is 10.6 Å². The second kappa shape index (κ2) is 5.99. The van der Waals surface area contributed by atoms with Gasteiger partial charge in [0.1, 0.15) is 10.6 Å². The van der Waals surface area contributed by atoms with E-state index in [0.717, 1.165) is 5.56 Å². The van der Waals surface area contributed by atoms with Crippen molar-refractivity contribution in [1.82, 2.24) is 5.32 Å². The fourth-order valence-corrected chi connectivity index (χ4v) is 2.96. The van der Waals surface area contributed by atoms with E-state index in [-0.39, 0.29) is 12.5 Å². The summed E-state index contributed by atoms with van der Waals surface area (Å²) in [6.45, 7) is 0.191. The minimum atomic E-state index is -0.675. The first-order valence-electron chi connectivity index (χ1n) is 5.32. The smallest absolute Gasteiger partial charge is 0.265 e. The van der Waals surface area contributed by atoms with Crippen LogP contribution in [-0.4, -0.2) is 24.7 Å². The zero-order valence-electron chi connectivity index (χ0n) is 9.75. The summed E-state index contributed by atoms with van der Waals surface area (Å²) in [5.74, 6) is 0.332. The Hall–Kier alpha value is -1.37. The molecule has 18 heavy (non-hydrogen) atoms. The SMILES string of the molecule is COc1ccsc1C(=O)NCC(O)c1ccsc1. The fraction of sp³-hybridized carbons (Fsp3) is 0.250. The minimum Gasteiger partial charge on any atom is -0.495 e. The van der Waals surface area contributed by atoms with Crippen molar-refractivity contribution in [1.29, 1.82) is 0 Å². The van der Waals surface area contributed by atoms with Gasteiger partial charge in [0.2, 0.25) is 0 Å². The molecule has 1 atom stereocenters. The average Bonchev–Trinajstić information content (AvgIpc) is 3.04. The maximum atomic E-state index is 11.9. The number of ether oxygens (including phenoxy) is 1. The standard InChI is InChI=1S/C12H13NO3S2/c1-16-10-3-5-18-11(10)12(15)13-6-9(14)8-2-4-17-7-8/h2-5,7,9,14H,6H2,1H3,(H,13,15). The van der Waals surface area contributed by atoms with Gasteiger partial charge in [0.05, 0.1) is 13.2 Å². The molecule has 0 bridgehead atoms. The number of hydrogen-bond acceptors (Lipinski definition) is 5. The molecule has 96 valence electrons. The Kier molecular flexibility index (Phi) is 4.35. The Morgan fingerprint density at radius 1 is 1.50 bits per heavy atom. The van der Waals surface area contributed by atoms with Gasteiger partial charge in [-0.15, -0.1) is 11.3 Å². The van der Waals surface area contributed by atoms with Crippen molar-refractivity contribution in [2.24, 2.45) is 0 Å². The zero-order valence-corrected chi connectivity index (χ0v) is 11.4. The number of rotatable bonds is 5. The normalized spacial score (nSPS) is 12.1. The molecule has 0 radical (unpaired) electrons. The second-order valence-electron chi connectivity index (χ2n) is 3.60. The zero-order chi connectivity index (χ0) is 13.0. The van der Waals surface area contributed by atoms with Gasteiger partial charge in [-0.2, -0.15) is 11.3 Å². The third-order valence-electron chi connectivity index (χ3n) is 2.44. The lowest BCUT2D eigenvalue weighted by Gasteiger charge is -2.10. The van der Waals surface area contributed by atoms with Crippen LogP contribution in [0.5, 0.6) is 5.75 Å². The molecule has 2 aromatic heterocycles. The molecule has 0 aliphatic carbocycles. The molecule has 1 unspecified atom stereocenters. The Balaban J connectivity index is 1.93. The highest BCUT2D eigenvalue weighted by Gasteiger charge is 2.15. The molecule has 0 saturated carbocycles. The molecule has 0 saturated heterocycles. The van der Waals surface area contributed by atoms with Crippen LogP contribution in [0.25, 0.3) is 0 Å². The van der Waals surface area contributed by atoms with E-state index in [1.807, 2.05) is 16.8 Å². The van der Waals surface area contributed by atoms with Crippen molar-refractivity contribution in [2.75, 3.05) is 13.7 Å². The number of thiophene rings is 2. The van der Waals surface area contributed by atoms with Gasteiger partial charge in [0.25, 0.3) is 5.91 Å². The summed E-state index contributed by atoms with van der Waals surface area (Å²) in [6.07, 6.45) is -0.675. The van der Waals surface area contributed by atoms with Gasteiger partial charge in [0.15, 0.2) is 0 Å². The van der Waals surface area contributed by atoms with E-state index < -0.39 is 6.10 Å². The van der Waals surface area contributed by atoms with E-state index in [9.17, 15) is 9.90 Å². The number of aliphatic hydroxyl groups excluding tert-OH is 1. The first-order chi connectivity index (χ1) is 8.72. The summed E-state index contributed by atoms with van der Waals surface area (Å²) in [7, 11) is 1.53. The van der Waals surface area contributed by atoms with Gasteiger partial charge in [-0.1, -0.05) is 0 Å². The molecule has 4 nitrogen and oxygen atoms in total. The molecule has 2 rings (SSSR count). The number of aliphatic hydroxyl groups is 1. The van der Waals surface area contributed by atoms with Crippen molar-refractivity contribution in [3.8, 4) is 5.75 Å². The maximum absolute atomic E-state index is 11.9. The highest BCUT2D eigenvalue weighted by molar-refractivity contribution is 7.12. The predicted molar refractivity (Wildman–Crippen MR) is 72.5 cm³/mol. The molecular formula is C12H13NO3S2. The third kappa shape index (κ3) is 2.90. The topological polar surface area (TPSA) is 58.6 Å². The monoisotopic (exact) mass is 283 g/mol. The Morgan fingerprint density at radius 3 is 3.00 bits per heavy atom. The molecule has 0 aliphatic rings. The summed E-state index contributed by atoms with van der Waals surface area (Å²) in [4.78, 5) is 12.4. The van der Waals surface area contributed by atoms with Gasteiger partial charge in [-0.25, -0.2) is 0 Å². The van der Waals surface area contributed by atoms with Gasteiger partial charge < -0.3 is 15.2 Å². The minimum absolute atomic E-state index is 0.191. The first kappa shape index (κ1) is 13.1. The third-order valence-corrected chi connectivity index (χ3v) is 4.04. The first-order valence-corrected chi connectivity index (χ1v) is 7.14. The van der Waals surface area contributed by atoms with Crippen LogP contribution in [0.15, 0.2) is 28.3 Å². The highest BCUT2D eigenvalue weighted by Crippen LogP contribution is 2.24. The van der Waals surface area contributed by atoms with Crippen molar-refractivity contribution in [2.45, 2.75) is 6.10 Å². The van der Waals surface area contributed by atoms with Crippen LogP contribution in [0.2, 0.25) is 0 Å². The molecule has 0 fully saturated rings. The largest absolute Gasteiger partial charge is 0.495 e. The van der Waals surface area contributed by atoms with E-state index in [4.69, 9.17) is 4.74 Å². The summed E-state index contributed by atoms with van der Waals surface area (Å²) < 4.78 is 5.07. The molecule has 2 N–H and O–H groups in total. The highest BCUT2D eigenvalue weighted by atomic mass is 32.1. The molecule has 1 amide bonds. The van der Waals surface area contributed by atoms with Crippen LogP contribution in [0.1, 0.15) is 21.3 Å². The van der Waals surface area contributed by atoms with Crippen LogP contribution >= 0.6 is 22.7 Å². The van der Waals surface area contributed by atoms with E-state index in [1.165, 1.54) is 29.8 Å². The van der Waals surface area contributed by atoms with Crippen LogP contribution in [0, 0.1) is 0 Å². The van der Waals surface area contributed by atoms with E-state index in [2.05, 4.69) is 5.32 Å². The van der Waals surface area contributed by atoms with Crippen LogP contribution in [0.4, 0.5) is 0 Å². The van der Waals surface area contributed by atoms with Gasteiger partial charge >= 0.3 is 0 Å². The lowest BCUT2D eigenvalue weighted by Crippen LogP contribution is -2.27. The van der Waals surface area contributed by atoms with E-state index in [1.54, 1.807) is 11.4 Å².